The zero-order chi connectivity index (χ0) is 20.0. The van der Waals surface area contributed by atoms with Crippen LogP contribution in [0.25, 0.3) is 0 Å². The average molecular weight is 468 g/mol. The molecule has 0 fully saturated rings. The van der Waals surface area contributed by atoms with Crippen LogP contribution in [0.5, 0.6) is 0 Å². The topological polar surface area (TPSA) is 87.3 Å². The first kappa shape index (κ1) is 21.2. The summed E-state index contributed by atoms with van der Waals surface area (Å²) in [6.07, 6.45) is 1.46. The summed E-state index contributed by atoms with van der Waals surface area (Å²) in [6, 6.07) is 11.2. The van der Waals surface area contributed by atoms with Crippen LogP contribution in [0.2, 0.25) is 0 Å². The van der Waals surface area contributed by atoms with Gasteiger partial charge >= 0.3 is 0 Å². The number of benzene rings is 2. The molecule has 0 atom stereocenters. The Hall–Kier alpha value is -2.07. The minimum Gasteiger partial charge on any atom is -0.332 e. The number of sulfonamides is 1. The van der Waals surface area contributed by atoms with E-state index in [1.165, 1.54) is 18.2 Å². The van der Waals surface area contributed by atoms with Crippen LogP contribution in [0.3, 0.4) is 0 Å². The third kappa shape index (κ3) is 5.96. The van der Waals surface area contributed by atoms with Crippen LogP contribution < -0.4 is 15.4 Å². The van der Waals surface area contributed by atoms with Crippen molar-refractivity contribution in [1.29, 1.82) is 0 Å². The predicted molar refractivity (Wildman–Crippen MR) is 114 cm³/mol. The summed E-state index contributed by atoms with van der Waals surface area (Å²) in [5.74, 6) is -0.346. The van der Waals surface area contributed by atoms with Crippen molar-refractivity contribution in [2.75, 3.05) is 11.9 Å². The summed E-state index contributed by atoms with van der Waals surface area (Å²) >= 11 is 8.52. The predicted octanol–water partition coefficient (Wildman–Crippen LogP) is 3.35. The Labute approximate surface area is 172 Å². The molecule has 9 heteroatoms. The van der Waals surface area contributed by atoms with Gasteiger partial charge in [0.2, 0.25) is 10.0 Å². The molecule has 0 radical (unpaired) electrons. The van der Waals surface area contributed by atoms with Gasteiger partial charge in [-0.1, -0.05) is 28.1 Å². The third-order valence-corrected chi connectivity index (χ3v) is 6.00. The number of halogens is 1. The van der Waals surface area contributed by atoms with Gasteiger partial charge in [-0.2, -0.15) is 0 Å². The van der Waals surface area contributed by atoms with Gasteiger partial charge in [0.1, 0.15) is 0 Å². The second-order valence-electron chi connectivity index (χ2n) is 5.54. The van der Waals surface area contributed by atoms with Crippen molar-refractivity contribution in [2.24, 2.45) is 0 Å². The molecule has 0 aliphatic rings. The van der Waals surface area contributed by atoms with Gasteiger partial charge in [-0.05, 0) is 61.1 Å². The fourth-order valence-corrected chi connectivity index (χ4v) is 3.63. The van der Waals surface area contributed by atoms with Crippen LogP contribution >= 0.6 is 28.1 Å². The highest BCUT2D eigenvalue weighted by molar-refractivity contribution is 9.10. The molecule has 142 valence electrons. The van der Waals surface area contributed by atoms with E-state index in [-0.39, 0.29) is 22.5 Å². The molecule has 2 aromatic rings. The van der Waals surface area contributed by atoms with E-state index in [0.29, 0.717) is 11.3 Å². The molecule has 0 saturated heterocycles. The van der Waals surface area contributed by atoms with Gasteiger partial charge in [-0.3, -0.25) is 10.1 Å². The number of hydrogen-bond acceptors (Lipinski definition) is 4. The van der Waals surface area contributed by atoms with Crippen molar-refractivity contribution in [3.63, 3.8) is 0 Å². The lowest BCUT2D eigenvalue weighted by atomic mass is 10.1. The Morgan fingerprint density at radius 3 is 2.48 bits per heavy atom. The van der Waals surface area contributed by atoms with E-state index in [9.17, 15) is 13.2 Å². The summed E-state index contributed by atoms with van der Waals surface area (Å²) in [5, 5.41) is 5.54. The Morgan fingerprint density at radius 2 is 1.89 bits per heavy atom. The van der Waals surface area contributed by atoms with Gasteiger partial charge in [-0.15, -0.1) is 6.58 Å². The summed E-state index contributed by atoms with van der Waals surface area (Å²) in [4.78, 5) is 12.4. The van der Waals surface area contributed by atoms with Gasteiger partial charge in [0.15, 0.2) is 5.11 Å². The average Bonchev–Trinajstić information content (AvgIpc) is 2.62. The zero-order valence-electron chi connectivity index (χ0n) is 14.5. The molecule has 6 nitrogen and oxygen atoms in total. The molecule has 0 heterocycles. The first-order chi connectivity index (χ1) is 12.7. The number of hydrogen-bond donors (Lipinski definition) is 3. The van der Waals surface area contributed by atoms with Crippen molar-refractivity contribution >= 4 is 54.9 Å². The van der Waals surface area contributed by atoms with Crippen molar-refractivity contribution < 1.29 is 13.2 Å². The van der Waals surface area contributed by atoms with Gasteiger partial charge in [0, 0.05) is 22.3 Å². The van der Waals surface area contributed by atoms with Crippen molar-refractivity contribution in [3.8, 4) is 0 Å². The highest BCUT2D eigenvalue weighted by atomic mass is 79.9. The fourth-order valence-electron chi connectivity index (χ4n) is 2.04. The van der Waals surface area contributed by atoms with Crippen molar-refractivity contribution in [2.45, 2.75) is 11.8 Å². The minimum atomic E-state index is -3.59. The number of thiocarbonyl (C=S) groups is 1. The van der Waals surface area contributed by atoms with Gasteiger partial charge in [0.25, 0.3) is 5.91 Å². The molecule has 2 rings (SSSR count). The number of amides is 1. The normalized spacial score (nSPS) is 10.9. The SMILES string of the molecule is C=CCNS(=O)(=O)c1ccc(NC(=S)NC(=O)c2ccc(C)c(Br)c2)cc1. The number of nitrogens with one attached hydrogen (secondary N) is 3. The van der Waals surface area contributed by atoms with Crippen LogP contribution in [0, 0.1) is 6.92 Å². The summed E-state index contributed by atoms with van der Waals surface area (Å²) in [5.41, 5.74) is 2.03. The standard InChI is InChI=1S/C18H18BrN3O3S2/c1-3-10-20-27(24,25)15-8-6-14(7-9-15)21-18(26)22-17(23)13-5-4-12(2)16(19)11-13/h3-9,11,20H,1,10H2,2H3,(H2,21,22,23,26). The lowest BCUT2D eigenvalue weighted by Gasteiger charge is -2.11. The highest BCUT2D eigenvalue weighted by Gasteiger charge is 2.13. The first-order valence-corrected chi connectivity index (χ1v) is 10.5. The molecule has 0 aliphatic heterocycles. The Bertz CT molecular complexity index is 974. The molecule has 27 heavy (non-hydrogen) atoms. The number of rotatable bonds is 6. The molecule has 0 bridgehead atoms. The number of carbonyl (C=O) groups excluding carboxylic acids is 1. The second kappa shape index (κ2) is 9.23. The molecule has 1 amide bonds. The van der Waals surface area contributed by atoms with E-state index in [0.717, 1.165) is 10.0 Å². The molecule has 0 aliphatic carbocycles. The van der Waals surface area contributed by atoms with Crippen molar-refractivity contribution in [1.82, 2.24) is 10.0 Å². The smallest absolute Gasteiger partial charge is 0.257 e. The maximum atomic E-state index is 12.2. The van der Waals surface area contributed by atoms with E-state index < -0.39 is 10.0 Å². The third-order valence-electron chi connectivity index (χ3n) is 3.50. The fraction of sp³-hybridized carbons (Fsp3) is 0.111. The Kier molecular flexibility index (Phi) is 7.25. The molecular formula is C18H18BrN3O3S2. The second-order valence-corrected chi connectivity index (χ2v) is 8.57. The van der Waals surface area contributed by atoms with Gasteiger partial charge in [0.05, 0.1) is 4.90 Å². The van der Waals surface area contributed by atoms with Crippen LogP contribution in [0.1, 0.15) is 15.9 Å². The van der Waals surface area contributed by atoms with Crippen LogP contribution in [0.4, 0.5) is 5.69 Å². The lowest BCUT2D eigenvalue weighted by Crippen LogP contribution is -2.34. The van der Waals surface area contributed by atoms with Gasteiger partial charge in [-0.25, -0.2) is 13.1 Å². The quantitative estimate of drug-likeness (QED) is 0.447. The molecule has 3 N–H and O–H groups in total. The van der Waals surface area contributed by atoms with E-state index in [4.69, 9.17) is 12.2 Å². The molecule has 0 unspecified atom stereocenters. The molecule has 0 aromatic heterocycles. The van der Waals surface area contributed by atoms with Crippen LogP contribution in [0.15, 0.2) is 64.5 Å². The molecular weight excluding hydrogens is 450 g/mol. The number of carbonyl (C=O) groups is 1. The lowest BCUT2D eigenvalue weighted by molar-refractivity contribution is 0.0977. The summed E-state index contributed by atoms with van der Waals surface area (Å²) in [6.45, 7) is 5.54. The molecule has 0 saturated carbocycles. The van der Waals surface area contributed by atoms with Gasteiger partial charge < -0.3 is 5.32 Å². The highest BCUT2D eigenvalue weighted by Crippen LogP contribution is 2.17. The first-order valence-electron chi connectivity index (χ1n) is 7.82. The van der Waals surface area contributed by atoms with Crippen LogP contribution in [-0.2, 0) is 10.0 Å². The summed E-state index contributed by atoms with van der Waals surface area (Å²) < 4.78 is 27.2. The van der Waals surface area contributed by atoms with Crippen molar-refractivity contribution in [3.05, 3.63) is 70.7 Å². The Balaban J connectivity index is 2.00. The van der Waals surface area contributed by atoms with E-state index in [1.54, 1.807) is 24.3 Å². The number of anilines is 1. The summed E-state index contributed by atoms with van der Waals surface area (Å²) in [7, 11) is -3.59. The largest absolute Gasteiger partial charge is 0.332 e. The van der Waals surface area contributed by atoms with E-state index >= 15 is 0 Å². The van der Waals surface area contributed by atoms with Crippen LogP contribution in [-0.4, -0.2) is 26.0 Å². The van der Waals surface area contributed by atoms with E-state index in [1.807, 2.05) is 13.0 Å². The maximum Gasteiger partial charge on any atom is 0.257 e. The minimum absolute atomic E-state index is 0.108. The number of aryl methyl sites for hydroxylation is 1. The Morgan fingerprint density at radius 1 is 1.22 bits per heavy atom. The zero-order valence-corrected chi connectivity index (χ0v) is 17.7. The molecule has 2 aromatic carbocycles. The van der Waals surface area contributed by atoms with E-state index in [2.05, 4.69) is 37.9 Å². The maximum absolute atomic E-state index is 12.2. The molecule has 0 spiro atoms. The monoisotopic (exact) mass is 467 g/mol.